The van der Waals surface area contributed by atoms with Crippen LogP contribution in [0.15, 0.2) is 18.2 Å². The molecule has 7 heteroatoms. The summed E-state index contributed by atoms with van der Waals surface area (Å²) in [7, 11) is -3.04. The van der Waals surface area contributed by atoms with Gasteiger partial charge in [0.2, 0.25) is 0 Å². The Hall–Kier alpha value is -1.37. The molecule has 27 heavy (non-hydrogen) atoms. The van der Waals surface area contributed by atoms with Crippen LogP contribution >= 0.6 is 11.6 Å². The van der Waals surface area contributed by atoms with Crippen LogP contribution in [0.3, 0.4) is 0 Å². The Balaban J connectivity index is 1.90. The molecule has 1 aliphatic rings. The number of likely N-dealkylation sites (tertiary alicyclic amines) is 1. The quantitative estimate of drug-likeness (QED) is 0.769. The van der Waals surface area contributed by atoms with Gasteiger partial charge in [0.05, 0.1) is 16.6 Å². The van der Waals surface area contributed by atoms with Gasteiger partial charge in [0.25, 0.3) is 0 Å². The summed E-state index contributed by atoms with van der Waals surface area (Å²) in [6, 6.07) is 6.23. The molecule has 148 valence electrons. The van der Waals surface area contributed by atoms with E-state index in [4.69, 9.17) is 11.6 Å². The molecule has 1 aromatic carbocycles. The SMILES string of the molecule is Cc1ccc(C)c(-n2nc(C)c(CN3CCCC[C@H](S(C)(=O)=O)C3)c2Cl)c1. The van der Waals surface area contributed by atoms with Crippen molar-refractivity contribution in [2.24, 2.45) is 0 Å². The number of benzene rings is 1. The molecule has 5 nitrogen and oxygen atoms in total. The maximum atomic E-state index is 12.1. The number of rotatable bonds is 4. The summed E-state index contributed by atoms with van der Waals surface area (Å²) in [5.74, 6) is 0. The van der Waals surface area contributed by atoms with Crippen LogP contribution in [0.4, 0.5) is 0 Å². The van der Waals surface area contributed by atoms with E-state index in [2.05, 4.69) is 35.1 Å². The van der Waals surface area contributed by atoms with Crippen LogP contribution in [0.2, 0.25) is 5.15 Å². The van der Waals surface area contributed by atoms with E-state index in [0.29, 0.717) is 18.2 Å². The third kappa shape index (κ3) is 4.55. The standard InChI is InChI=1S/C20H28ClN3O2S/c1-14-8-9-15(2)19(11-14)24-20(21)18(16(3)22-24)13-23-10-6-5-7-17(12-23)27(4,25)26/h8-9,11,17H,5-7,10,12-13H2,1-4H3/t17-/m0/s1. The summed E-state index contributed by atoms with van der Waals surface area (Å²) >= 11 is 6.73. The number of aromatic nitrogens is 2. The highest BCUT2D eigenvalue weighted by atomic mass is 35.5. The third-order valence-corrected chi connectivity index (χ3v) is 7.40. The van der Waals surface area contributed by atoms with E-state index in [1.165, 1.54) is 6.26 Å². The monoisotopic (exact) mass is 409 g/mol. The molecule has 0 N–H and O–H groups in total. The Morgan fingerprint density at radius 1 is 1.22 bits per heavy atom. The van der Waals surface area contributed by atoms with Gasteiger partial charge in [0.15, 0.2) is 9.84 Å². The van der Waals surface area contributed by atoms with Gasteiger partial charge in [0, 0.05) is 24.9 Å². The molecule has 1 atom stereocenters. The highest BCUT2D eigenvalue weighted by Crippen LogP contribution is 2.28. The van der Waals surface area contributed by atoms with Crippen molar-refractivity contribution in [3.63, 3.8) is 0 Å². The van der Waals surface area contributed by atoms with E-state index in [1.807, 2.05) is 13.8 Å². The van der Waals surface area contributed by atoms with Gasteiger partial charge in [-0.1, -0.05) is 30.2 Å². The smallest absolute Gasteiger partial charge is 0.151 e. The molecule has 0 bridgehead atoms. The highest BCUT2D eigenvalue weighted by molar-refractivity contribution is 7.91. The van der Waals surface area contributed by atoms with Crippen LogP contribution in [0.5, 0.6) is 0 Å². The minimum Gasteiger partial charge on any atom is -0.298 e. The van der Waals surface area contributed by atoms with E-state index < -0.39 is 9.84 Å². The van der Waals surface area contributed by atoms with Crippen molar-refractivity contribution in [2.75, 3.05) is 19.3 Å². The first-order valence-corrected chi connectivity index (χ1v) is 11.7. The predicted octanol–water partition coefficient (Wildman–Crippen LogP) is 3.85. The number of nitrogens with zero attached hydrogens (tertiary/aromatic N) is 3. The van der Waals surface area contributed by atoms with Crippen LogP contribution in [0.1, 0.15) is 41.6 Å². The number of hydrogen-bond donors (Lipinski definition) is 0. The molecule has 0 unspecified atom stereocenters. The van der Waals surface area contributed by atoms with E-state index in [-0.39, 0.29) is 5.25 Å². The zero-order valence-corrected chi connectivity index (χ0v) is 18.1. The van der Waals surface area contributed by atoms with Crippen LogP contribution in [0.25, 0.3) is 5.69 Å². The second-order valence-electron chi connectivity index (χ2n) is 7.74. The number of halogens is 1. The Labute approximate surface area is 167 Å². The fourth-order valence-electron chi connectivity index (χ4n) is 3.71. The zero-order valence-electron chi connectivity index (χ0n) is 16.5. The van der Waals surface area contributed by atoms with Crippen molar-refractivity contribution in [2.45, 2.75) is 51.8 Å². The molecular weight excluding hydrogens is 382 g/mol. The molecule has 0 saturated carbocycles. The molecule has 2 aromatic rings. The minimum atomic E-state index is -3.04. The maximum absolute atomic E-state index is 12.1. The molecule has 3 rings (SSSR count). The Bertz CT molecular complexity index is 937. The lowest BCUT2D eigenvalue weighted by Crippen LogP contribution is -2.34. The van der Waals surface area contributed by atoms with Crippen LogP contribution in [-0.2, 0) is 16.4 Å². The molecule has 1 fully saturated rings. The minimum absolute atomic E-state index is 0.298. The molecule has 2 heterocycles. The van der Waals surface area contributed by atoms with Crippen LogP contribution < -0.4 is 0 Å². The van der Waals surface area contributed by atoms with E-state index in [1.54, 1.807) is 4.68 Å². The predicted molar refractivity (Wildman–Crippen MR) is 111 cm³/mol. The van der Waals surface area contributed by atoms with Gasteiger partial charge in [-0.15, -0.1) is 0 Å². The van der Waals surface area contributed by atoms with Gasteiger partial charge in [0.1, 0.15) is 5.15 Å². The van der Waals surface area contributed by atoms with Crippen molar-refractivity contribution in [1.82, 2.24) is 14.7 Å². The van der Waals surface area contributed by atoms with Gasteiger partial charge in [-0.25, -0.2) is 13.1 Å². The summed E-state index contributed by atoms with van der Waals surface area (Å²) in [6.45, 7) is 8.14. The van der Waals surface area contributed by atoms with Crippen molar-refractivity contribution in [1.29, 1.82) is 0 Å². The van der Waals surface area contributed by atoms with Crippen molar-refractivity contribution in [3.8, 4) is 5.69 Å². The number of sulfone groups is 1. The fraction of sp³-hybridized carbons (Fsp3) is 0.550. The van der Waals surface area contributed by atoms with E-state index in [0.717, 1.165) is 53.9 Å². The molecule has 0 aliphatic carbocycles. The van der Waals surface area contributed by atoms with Crippen LogP contribution in [0, 0.1) is 20.8 Å². The fourth-order valence-corrected chi connectivity index (χ4v) is 5.11. The Morgan fingerprint density at radius 3 is 2.67 bits per heavy atom. The van der Waals surface area contributed by atoms with Crippen molar-refractivity contribution < 1.29 is 8.42 Å². The third-order valence-electron chi connectivity index (χ3n) is 5.41. The summed E-state index contributed by atoms with van der Waals surface area (Å²) in [6.07, 6.45) is 4.04. The lowest BCUT2D eigenvalue weighted by Gasteiger charge is -2.23. The van der Waals surface area contributed by atoms with Crippen LogP contribution in [-0.4, -0.2) is 47.7 Å². The van der Waals surface area contributed by atoms with Gasteiger partial charge in [-0.05, 0) is 57.4 Å². The first-order valence-electron chi connectivity index (χ1n) is 9.39. The van der Waals surface area contributed by atoms with Gasteiger partial charge in [-0.2, -0.15) is 5.10 Å². The number of aryl methyl sites for hydroxylation is 3. The molecule has 0 amide bonds. The largest absolute Gasteiger partial charge is 0.298 e. The molecule has 1 aliphatic heterocycles. The van der Waals surface area contributed by atoms with Crippen molar-refractivity contribution >= 4 is 21.4 Å². The maximum Gasteiger partial charge on any atom is 0.151 e. The second-order valence-corrected chi connectivity index (χ2v) is 10.4. The summed E-state index contributed by atoms with van der Waals surface area (Å²) in [5, 5.41) is 4.99. The molecule has 0 radical (unpaired) electrons. The Morgan fingerprint density at radius 2 is 1.96 bits per heavy atom. The zero-order chi connectivity index (χ0) is 19.8. The molecule has 1 saturated heterocycles. The van der Waals surface area contributed by atoms with E-state index >= 15 is 0 Å². The van der Waals surface area contributed by atoms with Crippen molar-refractivity contribution in [3.05, 3.63) is 45.7 Å². The van der Waals surface area contributed by atoms with Gasteiger partial charge < -0.3 is 0 Å². The van der Waals surface area contributed by atoms with Gasteiger partial charge >= 0.3 is 0 Å². The Kier molecular flexibility index (Phi) is 5.99. The van der Waals surface area contributed by atoms with E-state index in [9.17, 15) is 8.42 Å². The molecule has 0 spiro atoms. The summed E-state index contributed by atoms with van der Waals surface area (Å²) in [4.78, 5) is 2.21. The first kappa shape index (κ1) is 20.4. The average molecular weight is 410 g/mol. The normalized spacial score (nSPS) is 19.2. The van der Waals surface area contributed by atoms with Gasteiger partial charge in [-0.3, -0.25) is 4.90 Å². The second kappa shape index (κ2) is 7.94. The summed E-state index contributed by atoms with van der Waals surface area (Å²) in [5.41, 5.74) is 5.13. The lowest BCUT2D eigenvalue weighted by atomic mass is 10.1. The topological polar surface area (TPSA) is 55.2 Å². The average Bonchev–Trinajstić information content (AvgIpc) is 2.78. The highest BCUT2D eigenvalue weighted by Gasteiger charge is 2.27. The molecular formula is C20H28ClN3O2S. The first-order chi connectivity index (χ1) is 12.7. The summed E-state index contributed by atoms with van der Waals surface area (Å²) < 4.78 is 25.9. The number of hydrogen-bond acceptors (Lipinski definition) is 4. The molecule has 1 aromatic heterocycles. The lowest BCUT2D eigenvalue weighted by molar-refractivity contribution is 0.277.